The monoisotopic (exact) mass is 377 g/mol. The predicted octanol–water partition coefficient (Wildman–Crippen LogP) is 4.88. The van der Waals surface area contributed by atoms with E-state index in [1.165, 1.54) is 0 Å². The number of rotatable bonds is 3. The lowest BCUT2D eigenvalue weighted by atomic mass is 10.1. The van der Waals surface area contributed by atoms with Crippen LogP contribution in [0.15, 0.2) is 36.4 Å². The van der Waals surface area contributed by atoms with Crippen LogP contribution in [0.5, 0.6) is 0 Å². The second-order valence-electron chi connectivity index (χ2n) is 4.16. The Morgan fingerprint density at radius 3 is 2.05 bits per heavy atom. The molecule has 2 aromatic carbocycles. The van der Waals surface area contributed by atoms with E-state index in [2.05, 4.69) is 27.9 Å². The highest BCUT2D eigenvalue weighted by Crippen LogP contribution is 2.25. The van der Waals surface area contributed by atoms with Gasteiger partial charge in [-0.05, 0) is 47.2 Å². The van der Waals surface area contributed by atoms with Gasteiger partial charge in [0.05, 0.1) is 0 Å². The first-order valence-electron chi connectivity index (χ1n) is 5.64. The summed E-state index contributed by atoms with van der Waals surface area (Å²) in [6.07, 6.45) is 0. The van der Waals surface area contributed by atoms with Crippen molar-refractivity contribution in [3.63, 3.8) is 0 Å². The van der Waals surface area contributed by atoms with Gasteiger partial charge in [-0.25, -0.2) is 13.2 Å². The molecule has 0 aliphatic heterocycles. The lowest BCUT2D eigenvalue weighted by molar-refractivity contribution is 0.545. The molecular weight excluding hydrogens is 366 g/mol. The molecule has 0 saturated heterocycles. The maximum Gasteiger partial charge on any atom is 0.152 e. The third-order valence-electron chi connectivity index (χ3n) is 2.74. The molecule has 0 amide bonds. The van der Waals surface area contributed by atoms with Gasteiger partial charge in [-0.15, -0.1) is 0 Å². The van der Waals surface area contributed by atoms with Crippen molar-refractivity contribution in [1.29, 1.82) is 0 Å². The van der Waals surface area contributed by atoms with Crippen LogP contribution in [0.1, 0.15) is 18.5 Å². The molecule has 0 heterocycles. The van der Waals surface area contributed by atoms with Gasteiger partial charge in [0.2, 0.25) is 0 Å². The van der Waals surface area contributed by atoms with E-state index < -0.39 is 17.5 Å². The summed E-state index contributed by atoms with van der Waals surface area (Å²) in [6.45, 7) is 1.78. The van der Waals surface area contributed by atoms with Crippen LogP contribution in [0.4, 0.5) is 18.9 Å². The molecule has 1 atom stereocenters. The van der Waals surface area contributed by atoms with E-state index in [-0.39, 0.29) is 11.7 Å². The summed E-state index contributed by atoms with van der Waals surface area (Å²) in [4.78, 5) is 0. The summed E-state index contributed by atoms with van der Waals surface area (Å²) in [7, 11) is 0. The molecule has 0 aromatic heterocycles. The number of benzene rings is 2. The Bertz CT molecular complexity index is 561. The highest BCUT2D eigenvalue weighted by Gasteiger charge is 2.14. The summed E-state index contributed by atoms with van der Waals surface area (Å²) >= 11 is 2.18. The van der Waals surface area contributed by atoms with Crippen molar-refractivity contribution in [1.82, 2.24) is 0 Å². The van der Waals surface area contributed by atoms with Gasteiger partial charge in [-0.1, -0.05) is 12.1 Å². The fourth-order valence-corrected chi connectivity index (χ4v) is 2.09. The van der Waals surface area contributed by atoms with E-state index >= 15 is 0 Å². The van der Waals surface area contributed by atoms with Crippen molar-refractivity contribution < 1.29 is 13.2 Å². The zero-order valence-corrected chi connectivity index (χ0v) is 12.2. The van der Waals surface area contributed by atoms with E-state index in [1.54, 1.807) is 6.92 Å². The van der Waals surface area contributed by atoms with Crippen LogP contribution in [0, 0.1) is 21.0 Å². The summed E-state index contributed by atoms with van der Waals surface area (Å²) in [5, 5.41) is 2.72. The molecule has 2 aromatic rings. The molecule has 0 aliphatic carbocycles. The molecule has 1 nitrogen and oxygen atoms in total. The van der Waals surface area contributed by atoms with Crippen molar-refractivity contribution in [2.24, 2.45) is 0 Å². The average Bonchev–Trinajstić information content (AvgIpc) is 2.34. The highest BCUT2D eigenvalue weighted by molar-refractivity contribution is 14.1. The molecule has 0 fully saturated rings. The van der Waals surface area contributed by atoms with Crippen LogP contribution in [0.3, 0.4) is 0 Å². The molecule has 0 radical (unpaired) electrons. The lowest BCUT2D eigenvalue weighted by Gasteiger charge is -2.17. The van der Waals surface area contributed by atoms with Gasteiger partial charge in [-0.2, -0.15) is 0 Å². The first kappa shape index (κ1) is 14.2. The van der Waals surface area contributed by atoms with Gasteiger partial charge in [0.15, 0.2) is 11.6 Å². The van der Waals surface area contributed by atoms with Crippen molar-refractivity contribution >= 4 is 28.3 Å². The number of anilines is 1. The fraction of sp³-hybridized carbons (Fsp3) is 0.143. The van der Waals surface area contributed by atoms with Crippen LogP contribution in [0.25, 0.3) is 0 Å². The zero-order valence-electron chi connectivity index (χ0n) is 10.1. The van der Waals surface area contributed by atoms with Crippen molar-refractivity contribution in [2.45, 2.75) is 13.0 Å². The summed E-state index contributed by atoms with van der Waals surface area (Å²) in [5.41, 5.74) is 0.580. The van der Waals surface area contributed by atoms with Crippen LogP contribution in [-0.2, 0) is 0 Å². The van der Waals surface area contributed by atoms with Gasteiger partial charge in [-0.3, -0.25) is 0 Å². The number of hydrogen-bond acceptors (Lipinski definition) is 1. The van der Waals surface area contributed by atoms with Gasteiger partial charge < -0.3 is 5.32 Å². The highest BCUT2D eigenvalue weighted by atomic mass is 127. The van der Waals surface area contributed by atoms with Crippen molar-refractivity contribution in [3.8, 4) is 0 Å². The molecule has 5 heteroatoms. The Kier molecular flexibility index (Phi) is 4.34. The molecule has 0 saturated carbocycles. The molecule has 0 aliphatic rings. The molecule has 100 valence electrons. The first-order chi connectivity index (χ1) is 8.97. The molecule has 19 heavy (non-hydrogen) atoms. The Morgan fingerprint density at radius 1 is 1.00 bits per heavy atom. The minimum atomic E-state index is -0.935. The molecule has 0 bridgehead atoms. The third-order valence-corrected chi connectivity index (χ3v) is 3.46. The maximum absolute atomic E-state index is 13.5. The largest absolute Gasteiger partial charge is 0.374 e. The van der Waals surface area contributed by atoms with Crippen molar-refractivity contribution in [2.75, 3.05) is 5.32 Å². The fourth-order valence-electron chi connectivity index (χ4n) is 1.73. The van der Waals surface area contributed by atoms with E-state index in [9.17, 15) is 13.2 Å². The zero-order chi connectivity index (χ0) is 14.0. The minimum Gasteiger partial charge on any atom is -0.374 e. The molecular formula is C14H11F3IN. The van der Waals surface area contributed by atoms with E-state index in [0.29, 0.717) is 12.1 Å². The van der Waals surface area contributed by atoms with E-state index in [4.69, 9.17) is 0 Å². The topological polar surface area (TPSA) is 12.0 Å². The van der Waals surface area contributed by atoms with Gasteiger partial charge in [0.25, 0.3) is 0 Å². The molecule has 2 rings (SSSR count). The summed E-state index contributed by atoms with van der Waals surface area (Å²) < 4.78 is 40.9. The second-order valence-corrected chi connectivity index (χ2v) is 5.41. The lowest BCUT2D eigenvalue weighted by Crippen LogP contribution is -2.10. The molecule has 1 N–H and O–H groups in total. The van der Waals surface area contributed by atoms with Gasteiger partial charge >= 0.3 is 0 Å². The number of nitrogens with one attached hydrogen (secondary N) is 1. The maximum atomic E-state index is 13.5. The van der Waals surface area contributed by atoms with Gasteiger partial charge in [0.1, 0.15) is 11.5 Å². The number of hydrogen-bond donors (Lipinski definition) is 1. The predicted molar refractivity (Wildman–Crippen MR) is 77.5 cm³/mol. The Hall–Kier alpha value is -1.24. The molecule has 0 spiro atoms. The average molecular weight is 377 g/mol. The van der Waals surface area contributed by atoms with Crippen LogP contribution in [0.2, 0.25) is 0 Å². The van der Waals surface area contributed by atoms with E-state index in [1.807, 2.05) is 24.3 Å². The quantitative estimate of drug-likeness (QED) is 0.752. The Balaban J connectivity index is 2.24. The summed E-state index contributed by atoms with van der Waals surface area (Å²) in [6, 6.07) is 8.60. The summed E-state index contributed by atoms with van der Waals surface area (Å²) in [5.74, 6) is -2.80. The standard InChI is InChI=1S/C14H11F3IN/c1-8(9-2-4-11(18)5-3-9)19-14-12(16)6-10(15)7-13(14)17/h2-8,19H,1H3. The smallest absolute Gasteiger partial charge is 0.152 e. The molecule has 1 unspecified atom stereocenters. The van der Waals surface area contributed by atoms with Crippen molar-refractivity contribution in [3.05, 3.63) is 63.0 Å². The second kappa shape index (κ2) is 5.81. The number of halogens is 4. The van der Waals surface area contributed by atoms with Crippen LogP contribution in [-0.4, -0.2) is 0 Å². The van der Waals surface area contributed by atoms with Gasteiger partial charge in [0, 0.05) is 21.7 Å². The van der Waals surface area contributed by atoms with E-state index in [0.717, 1.165) is 9.13 Å². The first-order valence-corrected chi connectivity index (χ1v) is 6.72. The SMILES string of the molecule is CC(Nc1c(F)cc(F)cc1F)c1ccc(I)cc1. The third kappa shape index (κ3) is 3.40. The van der Waals surface area contributed by atoms with Crippen LogP contribution >= 0.6 is 22.6 Å². The Morgan fingerprint density at radius 2 is 1.53 bits per heavy atom. The minimum absolute atomic E-state index is 0.286. The Labute approximate surface area is 123 Å². The van der Waals surface area contributed by atoms with Crippen LogP contribution < -0.4 is 5.32 Å². The normalized spacial score (nSPS) is 12.3.